The van der Waals surface area contributed by atoms with E-state index in [1.54, 1.807) is 0 Å². The molecule has 0 fully saturated rings. The highest BCUT2D eigenvalue weighted by Gasteiger charge is 2.24. The van der Waals surface area contributed by atoms with Crippen LogP contribution in [0.5, 0.6) is 5.75 Å². The van der Waals surface area contributed by atoms with Gasteiger partial charge in [-0.15, -0.1) is 0 Å². The standard InChI is InChI=1S/C16H14ClF2NO3/c1-16(23,10-2-4-11(18)5-3-10)8-20-15(22)9-6-12(17)14(21)13(19)7-9/h2-7,21,23H,8H2,1H3,(H,20,22)/t16-/m0/s1. The Morgan fingerprint density at radius 2 is 1.87 bits per heavy atom. The number of hydrogen-bond acceptors (Lipinski definition) is 3. The van der Waals surface area contributed by atoms with Gasteiger partial charge in [-0.1, -0.05) is 23.7 Å². The number of aliphatic hydroxyl groups is 1. The summed E-state index contributed by atoms with van der Waals surface area (Å²) in [6.45, 7) is 1.27. The van der Waals surface area contributed by atoms with Crippen LogP contribution in [-0.2, 0) is 5.60 Å². The zero-order valence-corrected chi connectivity index (χ0v) is 12.9. The van der Waals surface area contributed by atoms with Crippen LogP contribution in [0.3, 0.4) is 0 Å². The predicted molar refractivity (Wildman–Crippen MR) is 81.4 cm³/mol. The van der Waals surface area contributed by atoms with E-state index in [1.807, 2.05) is 0 Å². The average Bonchev–Trinajstić information content (AvgIpc) is 2.50. The van der Waals surface area contributed by atoms with Crippen LogP contribution in [0.25, 0.3) is 0 Å². The van der Waals surface area contributed by atoms with E-state index in [9.17, 15) is 23.8 Å². The lowest BCUT2D eigenvalue weighted by molar-refractivity contribution is 0.0526. The second-order valence-corrected chi connectivity index (χ2v) is 5.66. The lowest BCUT2D eigenvalue weighted by atomic mass is 9.96. The minimum Gasteiger partial charge on any atom is -0.504 e. The molecule has 2 rings (SSSR count). The number of amides is 1. The van der Waals surface area contributed by atoms with Crippen molar-refractivity contribution in [3.63, 3.8) is 0 Å². The number of phenols is 1. The number of phenolic OH excluding ortho intramolecular Hbond substituents is 1. The number of rotatable bonds is 4. The molecular weight excluding hydrogens is 328 g/mol. The van der Waals surface area contributed by atoms with Crippen LogP contribution in [0.1, 0.15) is 22.8 Å². The summed E-state index contributed by atoms with van der Waals surface area (Å²) in [5.74, 6) is -2.87. The number of hydrogen-bond donors (Lipinski definition) is 3. The molecule has 0 unspecified atom stereocenters. The van der Waals surface area contributed by atoms with Gasteiger partial charge in [-0.05, 0) is 36.8 Å². The number of carbonyl (C=O) groups excluding carboxylic acids is 1. The van der Waals surface area contributed by atoms with Gasteiger partial charge in [0.2, 0.25) is 0 Å². The largest absolute Gasteiger partial charge is 0.504 e. The van der Waals surface area contributed by atoms with E-state index in [0.717, 1.165) is 12.1 Å². The smallest absolute Gasteiger partial charge is 0.251 e. The van der Waals surface area contributed by atoms with E-state index in [4.69, 9.17) is 11.6 Å². The molecule has 3 N–H and O–H groups in total. The van der Waals surface area contributed by atoms with Gasteiger partial charge in [0.25, 0.3) is 5.91 Å². The minimum atomic E-state index is -1.44. The van der Waals surface area contributed by atoms with Gasteiger partial charge in [-0.25, -0.2) is 8.78 Å². The van der Waals surface area contributed by atoms with Crippen molar-refractivity contribution >= 4 is 17.5 Å². The monoisotopic (exact) mass is 341 g/mol. The Morgan fingerprint density at radius 1 is 1.26 bits per heavy atom. The van der Waals surface area contributed by atoms with E-state index < -0.39 is 28.9 Å². The lowest BCUT2D eigenvalue weighted by Crippen LogP contribution is -2.38. The minimum absolute atomic E-state index is 0.0970. The molecule has 0 saturated carbocycles. The van der Waals surface area contributed by atoms with Crippen LogP contribution < -0.4 is 5.32 Å². The number of carbonyl (C=O) groups is 1. The maximum Gasteiger partial charge on any atom is 0.251 e. The van der Waals surface area contributed by atoms with Crippen molar-refractivity contribution in [2.24, 2.45) is 0 Å². The third-order valence-electron chi connectivity index (χ3n) is 3.34. The second-order valence-electron chi connectivity index (χ2n) is 5.25. The second kappa shape index (κ2) is 6.52. The molecule has 2 aromatic rings. The Labute approximate surface area is 136 Å². The summed E-state index contributed by atoms with van der Waals surface area (Å²) < 4.78 is 26.3. The van der Waals surface area contributed by atoms with E-state index in [0.29, 0.717) is 5.56 Å². The quantitative estimate of drug-likeness (QED) is 0.800. The molecule has 0 aromatic heterocycles. The molecule has 0 aliphatic heterocycles. The van der Waals surface area contributed by atoms with Gasteiger partial charge in [-0.2, -0.15) is 0 Å². The molecule has 0 radical (unpaired) electrons. The summed E-state index contributed by atoms with van der Waals surface area (Å²) in [5, 5.41) is 21.7. The van der Waals surface area contributed by atoms with E-state index in [-0.39, 0.29) is 17.1 Å². The normalized spacial score (nSPS) is 13.4. The molecule has 0 heterocycles. The Hall–Kier alpha value is -2.18. The molecule has 0 spiro atoms. The topological polar surface area (TPSA) is 69.6 Å². The van der Waals surface area contributed by atoms with Crippen molar-refractivity contribution in [1.82, 2.24) is 5.32 Å². The number of benzene rings is 2. The molecule has 0 aliphatic rings. The fourth-order valence-corrected chi connectivity index (χ4v) is 2.17. The SMILES string of the molecule is C[C@](O)(CNC(=O)c1cc(F)c(O)c(Cl)c1)c1ccc(F)cc1. The number of halogens is 3. The van der Waals surface area contributed by atoms with Gasteiger partial charge >= 0.3 is 0 Å². The number of aromatic hydroxyl groups is 1. The molecule has 1 amide bonds. The van der Waals surface area contributed by atoms with E-state index in [2.05, 4.69) is 5.32 Å². The van der Waals surface area contributed by atoms with Crippen LogP contribution in [-0.4, -0.2) is 22.7 Å². The van der Waals surface area contributed by atoms with Gasteiger partial charge in [0, 0.05) is 5.56 Å². The average molecular weight is 342 g/mol. The van der Waals surface area contributed by atoms with Gasteiger partial charge in [-0.3, -0.25) is 4.79 Å². The third kappa shape index (κ3) is 3.97. The van der Waals surface area contributed by atoms with Crippen molar-refractivity contribution < 1.29 is 23.8 Å². The highest BCUT2D eigenvalue weighted by Crippen LogP contribution is 2.27. The molecule has 23 heavy (non-hydrogen) atoms. The summed E-state index contributed by atoms with van der Waals surface area (Å²) in [7, 11) is 0. The summed E-state index contributed by atoms with van der Waals surface area (Å²) in [6.07, 6.45) is 0. The van der Waals surface area contributed by atoms with E-state index in [1.165, 1.54) is 31.2 Å². The molecule has 7 heteroatoms. The Morgan fingerprint density at radius 3 is 2.43 bits per heavy atom. The Kier molecular flexibility index (Phi) is 4.87. The van der Waals surface area contributed by atoms with Crippen LogP contribution in [0.15, 0.2) is 36.4 Å². The first kappa shape index (κ1) is 17.2. The molecule has 1 atom stereocenters. The van der Waals surface area contributed by atoms with Crippen LogP contribution in [0, 0.1) is 11.6 Å². The Bertz CT molecular complexity index is 710. The maximum atomic E-state index is 13.4. The van der Waals surface area contributed by atoms with Crippen molar-refractivity contribution in [2.75, 3.05) is 6.54 Å². The number of nitrogens with one attached hydrogen (secondary N) is 1. The molecule has 0 saturated heterocycles. The highest BCUT2D eigenvalue weighted by atomic mass is 35.5. The first-order valence-corrected chi connectivity index (χ1v) is 7.03. The van der Waals surface area contributed by atoms with Gasteiger partial charge in [0.15, 0.2) is 11.6 Å². The maximum absolute atomic E-state index is 13.4. The zero-order chi connectivity index (χ0) is 17.2. The summed E-state index contributed by atoms with van der Waals surface area (Å²) in [5.41, 5.74) is -1.13. The van der Waals surface area contributed by atoms with Crippen molar-refractivity contribution in [3.8, 4) is 5.75 Å². The lowest BCUT2D eigenvalue weighted by Gasteiger charge is -2.24. The van der Waals surface area contributed by atoms with Crippen molar-refractivity contribution in [3.05, 3.63) is 64.2 Å². The molecule has 0 bridgehead atoms. The van der Waals surface area contributed by atoms with Crippen LogP contribution in [0.4, 0.5) is 8.78 Å². The van der Waals surface area contributed by atoms with Crippen molar-refractivity contribution in [1.29, 1.82) is 0 Å². The summed E-state index contributed by atoms with van der Waals surface area (Å²) in [6, 6.07) is 7.14. The molecule has 122 valence electrons. The van der Waals surface area contributed by atoms with Crippen LogP contribution in [0.2, 0.25) is 5.02 Å². The summed E-state index contributed by atoms with van der Waals surface area (Å²) in [4.78, 5) is 12.0. The first-order valence-electron chi connectivity index (χ1n) is 6.65. The summed E-state index contributed by atoms with van der Waals surface area (Å²) >= 11 is 5.61. The fourth-order valence-electron chi connectivity index (χ4n) is 1.96. The molecule has 2 aromatic carbocycles. The van der Waals surface area contributed by atoms with Gasteiger partial charge in [0.05, 0.1) is 11.6 Å². The highest BCUT2D eigenvalue weighted by molar-refractivity contribution is 6.32. The molecule has 0 aliphatic carbocycles. The molecule has 4 nitrogen and oxygen atoms in total. The van der Waals surface area contributed by atoms with Gasteiger partial charge in [0.1, 0.15) is 11.4 Å². The van der Waals surface area contributed by atoms with Gasteiger partial charge < -0.3 is 15.5 Å². The molecular formula is C16H14ClF2NO3. The van der Waals surface area contributed by atoms with Crippen LogP contribution >= 0.6 is 11.6 Å². The van der Waals surface area contributed by atoms with E-state index >= 15 is 0 Å². The predicted octanol–water partition coefficient (Wildman–Crippen LogP) is 2.96. The Balaban J connectivity index is 2.10. The van der Waals surface area contributed by atoms with Crippen molar-refractivity contribution in [2.45, 2.75) is 12.5 Å². The third-order valence-corrected chi connectivity index (χ3v) is 3.63. The first-order chi connectivity index (χ1) is 10.7. The fraction of sp³-hybridized carbons (Fsp3) is 0.188. The zero-order valence-electron chi connectivity index (χ0n) is 12.1.